The molecular formula is C29H28ClNO7. The van der Waals surface area contributed by atoms with Crippen molar-refractivity contribution in [2.75, 3.05) is 25.2 Å². The summed E-state index contributed by atoms with van der Waals surface area (Å²) < 4.78 is 16.6. The van der Waals surface area contributed by atoms with Crippen LogP contribution in [-0.2, 0) is 9.59 Å². The predicted molar refractivity (Wildman–Crippen MR) is 144 cm³/mol. The van der Waals surface area contributed by atoms with E-state index in [0.717, 1.165) is 5.56 Å². The Hall–Kier alpha value is -4.17. The Kier molecular flexibility index (Phi) is 7.83. The fraction of sp³-hybridized carbons (Fsp3) is 0.241. The number of benzene rings is 3. The van der Waals surface area contributed by atoms with Gasteiger partial charge < -0.3 is 24.4 Å². The Balaban J connectivity index is 2.01. The Bertz CT molecular complexity index is 1430. The number of ketones is 1. The van der Waals surface area contributed by atoms with Crippen LogP contribution in [0.25, 0.3) is 5.76 Å². The predicted octanol–water partition coefficient (Wildman–Crippen LogP) is 5.79. The Labute approximate surface area is 225 Å². The summed E-state index contributed by atoms with van der Waals surface area (Å²) in [6, 6.07) is 13.5. The molecule has 0 radical (unpaired) electrons. The van der Waals surface area contributed by atoms with E-state index >= 15 is 0 Å². The third-order valence-electron chi connectivity index (χ3n) is 6.10. The summed E-state index contributed by atoms with van der Waals surface area (Å²) in [5, 5.41) is 22.1. The van der Waals surface area contributed by atoms with Crippen LogP contribution >= 0.6 is 11.6 Å². The van der Waals surface area contributed by atoms with Gasteiger partial charge in [-0.2, -0.15) is 0 Å². The number of methoxy groups -OCH3 is 1. The molecule has 38 heavy (non-hydrogen) atoms. The number of aliphatic hydroxyl groups excluding tert-OH is 1. The van der Waals surface area contributed by atoms with Crippen molar-refractivity contribution in [3.8, 4) is 23.0 Å². The second-order valence-corrected chi connectivity index (χ2v) is 8.99. The van der Waals surface area contributed by atoms with E-state index < -0.39 is 23.5 Å². The number of anilines is 1. The molecule has 2 N–H and O–H groups in total. The number of nitrogens with zero attached hydrogens (tertiary/aromatic N) is 1. The number of aliphatic hydroxyl groups is 1. The first kappa shape index (κ1) is 26.9. The fourth-order valence-corrected chi connectivity index (χ4v) is 4.88. The van der Waals surface area contributed by atoms with Crippen LogP contribution in [0.2, 0.25) is 5.02 Å². The van der Waals surface area contributed by atoms with Gasteiger partial charge >= 0.3 is 0 Å². The van der Waals surface area contributed by atoms with Crippen molar-refractivity contribution >= 4 is 34.7 Å². The van der Waals surface area contributed by atoms with E-state index in [9.17, 15) is 19.8 Å². The number of carbonyl (C=O) groups is 2. The van der Waals surface area contributed by atoms with Crippen LogP contribution in [0.5, 0.6) is 23.0 Å². The zero-order valence-corrected chi connectivity index (χ0v) is 22.2. The molecule has 1 unspecified atom stereocenters. The van der Waals surface area contributed by atoms with Crippen LogP contribution in [0.3, 0.4) is 0 Å². The van der Waals surface area contributed by atoms with E-state index in [2.05, 4.69) is 0 Å². The maximum atomic E-state index is 13.6. The highest BCUT2D eigenvalue weighted by molar-refractivity contribution is 6.51. The zero-order valence-electron chi connectivity index (χ0n) is 21.4. The normalized spacial score (nSPS) is 16.6. The standard InChI is InChI=1S/C29H28ClNO7/c1-5-37-19-9-7-8-18(15-19)31-25(17-10-11-22(32)23(14-17)38-6-2)24(27(34)29(31)35)26(33)20-12-16(3)13-21(30)28(20)36-4/h7-15,25,32-33H,5-6H2,1-4H3/b26-24+. The van der Waals surface area contributed by atoms with Crippen molar-refractivity contribution in [3.63, 3.8) is 0 Å². The summed E-state index contributed by atoms with van der Waals surface area (Å²) in [6.45, 7) is 6.09. The Morgan fingerprint density at radius 1 is 1.03 bits per heavy atom. The second kappa shape index (κ2) is 11.1. The van der Waals surface area contributed by atoms with Gasteiger partial charge in [-0.25, -0.2) is 0 Å². The van der Waals surface area contributed by atoms with Crippen molar-refractivity contribution < 1.29 is 34.0 Å². The highest BCUT2D eigenvalue weighted by Crippen LogP contribution is 2.46. The third kappa shape index (κ3) is 4.87. The number of aromatic hydroxyl groups is 1. The van der Waals surface area contributed by atoms with Crippen molar-refractivity contribution in [2.24, 2.45) is 0 Å². The first-order valence-corrected chi connectivity index (χ1v) is 12.4. The van der Waals surface area contributed by atoms with Gasteiger partial charge in [-0.05, 0) is 68.3 Å². The van der Waals surface area contributed by atoms with Gasteiger partial charge in [-0.15, -0.1) is 0 Å². The summed E-state index contributed by atoms with van der Waals surface area (Å²) in [7, 11) is 1.40. The molecule has 3 aromatic carbocycles. The van der Waals surface area contributed by atoms with E-state index in [1.807, 2.05) is 6.92 Å². The molecular weight excluding hydrogens is 510 g/mol. The minimum Gasteiger partial charge on any atom is -0.507 e. The van der Waals surface area contributed by atoms with Gasteiger partial charge in [0.15, 0.2) is 11.5 Å². The lowest BCUT2D eigenvalue weighted by molar-refractivity contribution is -0.132. The molecule has 0 saturated carbocycles. The minimum absolute atomic E-state index is 0.0990. The van der Waals surface area contributed by atoms with Gasteiger partial charge in [0.2, 0.25) is 0 Å². The molecule has 1 aliphatic heterocycles. The SMILES string of the molecule is CCOc1cccc(N2C(=O)C(=O)/C(=C(/O)c3cc(C)cc(Cl)c3OC)C2c2ccc(O)c(OCC)c2)c1. The summed E-state index contributed by atoms with van der Waals surface area (Å²) >= 11 is 6.37. The highest BCUT2D eigenvalue weighted by Gasteiger charge is 2.47. The number of aryl methyl sites for hydroxylation is 1. The smallest absolute Gasteiger partial charge is 0.300 e. The van der Waals surface area contributed by atoms with E-state index in [1.165, 1.54) is 18.1 Å². The van der Waals surface area contributed by atoms with Gasteiger partial charge in [-0.1, -0.05) is 23.7 Å². The number of phenolic OH excluding ortho intramolecular Hbond substituents is 1. The van der Waals surface area contributed by atoms with Gasteiger partial charge in [0.1, 0.15) is 17.3 Å². The van der Waals surface area contributed by atoms with Gasteiger partial charge in [-0.3, -0.25) is 14.5 Å². The van der Waals surface area contributed by atoms with Crippen molar-refractivity contribution in [3.05, 3.63) is 81.9 Å². The van der Waals surface area contributed by atoms with E-state index in [-0.39, 0.29) is 40.0 Å². The highest BCUT2D eigenvalue weighted by atomic mass is 35.5. The molecule has 9 heteroatoms. The van der Waals surface area contributed by atoms with Crippen LogP contribution in [0.15, 0.2) is 60.2 Å². The molecule has 1 aliphatic rings. The van der Waals surface area contributed by atoms with Crippen LogP contribution < -0.4 is 19.1 Å². The average molecular weight is 538 g/mol. The van der Waals surface area contributed by atoms with Crippen LogP contribution in [-0.4, -0.2) is 42.2 Å². The molecule has 1 atom stereocenters. The van der Waals surface area contributed by atoms with Gasteiger partial charge in [0.05, 0.1) is 42.5 Å². The molecule has 0 aliphatic carbocycles. The zero-order chi connectivity index (χ0) is 27.6. The first-order valence-electron chi connectivity index (χ1n) is 12.1. The third-order valence-corrected chi connectivity index (χ3v) is 6.38. The quantitative estimate of drug-likeness (QED) is 0.213. The number of ether oxygens (including phenoxy) is 3. The number of phenols is 1. The van der Waals surface area contributed by atoms with Crippen LogP contribution in [0, 0.1) is 6.92 Å². The molecule has 4 rings (SSSR count). The lowest BCUT2D eigenvalue weighted by Gasteiger charge is -2.26. The average Bonchev–Trinajstić information content (AvgIpc) is 3.15. The number of rotatable bonds is 8. The number of amides is 1. The Morgan fingerprint density at radius 3 is 2.45 bits per heavy atom. The van der Waals surface area contributed by atoms with Gasteiger partial charge in [0.25, 0.3) is 11.7 Å². The molecule has 1 amide bonds. The van der Waals surface area contributed by atoms with Crippen molar-refractivity contribution in [2.45, 2.75) is 26.8 Å². The maximum absolute atomic E-state index is 13.6. The lowest BCUT2D eigenvalue weighted by atomic mass is 9.94. The molecule has 1 heterocycles. The fourth-order valence-electron chi connectivity index (χ4n) is 4.53. The second-order valence-electron chi connectivity index (χ2n) is 8.59. The molecule has 0 spiro atoms. The van der Waals surface area contributed by atoms with E-state index in [4.69, 9.17) is 25.8 Å². The summed E-state index contributed by atoms with van der Waals surface area (Å²) in [6.07, 6.45) is 0. The molecule has 3 aromatic rings. The summed E-state index contributed by atoms with van der Waals surface area (Å²) in [5.41, 5.74) is 1.56. The number of hydrogen-bond donors (Lipinski definition) is 2. The molecule has 1 fully saturated rings. The topological polar surface area (TPSA) is 106 Å². The maximum Gasteiger partial charge on any atom is 0.300 e. The number of carbonyl (C=O) groups excluding carboxylic acids is 2. The minimum atomic E-state index is -1.06. The van der Waals surface area contributed by atoms with E-state index in [0.29, 0.717) is 23.6 Å². The van der Waals surface area contributed by atoms with Crippen LogP contribution in [0.4, 0.5) is 5.69 Å². The molecule has 0 bridgehead atoms. The Morgan fingerprint density at radius 2 is 1.76 bits per heavy atom. The monoisotopic (exact) mass is 537 g/mol. The summed E-state index contributed by atoms with van der Waals surface area (Å²) in [5.74, 6) is -1.41. The van der Waals surface area contributed by atoms with Crippen molar-refractivity contribution in [1.82, 2.24) is 0 Å². The van der Waals surface area contributed by atoms with Crippen LogP contribution in [0.1, 0.15) is 36.6 Å². The number of halogens is 1. The summed E-state index contributed by atoms with van der Waals surface area (Å²) in [4.78, 5) is 28.4. The molecule has 1 saturated heterocycles. The molecule has 8 nitrogen and oxygen atoms in total. The lowest BCUT2D eigenvalue weighted by Crippen LogP contribution is -2.29. The first-order chi connectivity index (χ1) is 18.2. The number of hydrogen-bond acceptors (Lipinski definition) is 7. The number of Topliss-reactive ketones (excluding diaryl/α,β-unsaturated/α-hetero) is 1. The van der Waals surface area contributed by atoms with Crippen molar-refractivity contribution in [1.29, 1.82) is 0 Å². The van der Waals surface area contributed by atoms with Gasteiger partial charge in [0, 0.05) is 11.8 Å². The molecule has 0 aromatic heterocycles. The largest absolute Gasteiger partial charge is 0.507 e. The van der Waals surface area contributed by atoms with E-state index in [1.54, 1.807) is 62.4 Å². The molecule has 198 valence electrons.